The number of hydrogen-bond donors (Lipinski definition) is 1. The van der Waals surface area contributed by atoms with E-state index in [2.05, 4.69) is 11.0 Å². The molecule has 1 N–H and O–H groups in total. The highest BCUT2D eigenvalue weighted by molar-refractivity contribution is 5.79. The van der Waals surface area contributed by atoms with Crippen LogP contribution < -0.4 is 4.74 Å². The Kier molecular flexibility index (Phi) is 6.54. The monoisotopic (exact) mass is 360 g/mol. The lowest BCUT2D eigenvalue weighted by atomic mass is 9.95. The van der Waals surface area contributed by atoms with Crippen LogP contribution in [0.15, 0.2) is 18.2 Å². The van der Waals surface area contributed by atoms with Crippen LogP contribution in [0.25, 0.3) is 0 Å². The van der Waals surface area contributed by atoms with E-state index in [-0.39, 0.29) is 5.92 Å². The van der Waals surface area contributed by atoms with Crippen molar-refractivity contribution >= 4 is 5.91 Å². The smallest absolute Gasteiger partial charge is 0.225 e. The number of rotatable bonds is 6. The molecule has 0 spiro atoms. The molecular formula is C21H32N2O3. The second kappa shape index (κ2) is 8.87. The highest BCUT2D eigenvalue weighted by atomic mass is 16.5. The van der Waals surface area contributed by atoms with Gasteiger partial charge in [-0.3, -0.25) is 4.79 Å². The first-order valence-corrected chi connectivity index (χ1v) is 9.92. The van der Waals surface area contributed by atoms with Crippen LogP contribution in [-0.4, -0.2) is 66.2 Å². The van der Waals surface area contributed by atoms with Crippen LogP contribution in [-0.2, 0) is 4.79 Å². The van der Waals surface area contributed by atoms with Crippen LogP contribution in [0, 0.1) is 19.8 Å². The minimum atomic E-state index is -0.513. The molecular weight excluding hydrogens is 328 g/mol. The molecule has 1 unspecified atom stereocenters. The molecule has 2 aliphatic rings. The average Bonchev–Trinajstić information content (AvgIpc) is 3.17. The van der Waals surface area contributed by atoms with Gasteiger partial charge in [0.2, 0.25) is 5.91 Å². The van der Waals surface area contributed by atoms with Gasteiger partial charge >= 0.3 is 0 Å². The number of aliphatic hydroxyl groups is 1. The lowest BCUT2D eigenvalue weighted by Gasteiger charge is -2.34. The summed E-state index contributed by atoms with van der Waals surface area (Å²) in [5.41, 5.74) is 2.24. The molecule has 0 radical (unpaired) electrons. The number of aryl methyl sites for hydroxylation is 2. The van der Waals surface area contributed by atoms with E-state index >= 15 is 0 Å². The number of piperidine rings is 1. The molecule has 3 rings (SSSR count). The molecule has 1 aromatic rings. The topological polar surface area (TPSA) is 53.0 Å². The van der Waals surface area contributed by atoms with E-state index in [9.17, 15) is 9.90 Å². The first-order valence-electron chi connectivity index (χ1n) is 9.92. The van der Waals surface area contributed by atoms with Crippen LogP contribution in [0.1, 0.15) is 36.8 Å². The number of carbonyl (C=O) groups excluding carboxylic acids is 1. The Bertz CT molecular complexity index is 605. The molecule has 0 bridgehead atoms. The van der Waals surface area contributed by atoms with Gasteiger partial charge < -0.3 is 19.6 Å². The van der Waals surface area contributed by atoms with Gasteiger partial charge in [-0.1, -0.05) is 12.1 Å². The molecule has 144 valence electrons. The van der Waals surface area contributed by atoms with Gasteiger partial charge in [-0.15, -0.1) is 0 Å². The largest absolute Gasteiger partial charge is 0.491 e. The molecule has 2 heterocycles. The third-order valence-electron chi connectivity index (χ3n) is 5.60. The standard InChI is InChI=1S/C21H32N2O3/c1-16-5-6-17(2)20(13-16)26-15-19(24)14-22-11-7-18(8-12-22)21(25)23-9-3-4-10-23/h5-6,13,18-19,24H,3-4,7-12,14-15H2,1-2H3. The van der Waals surface area contributed by atoms with E-state index in [4.69, 9.17) is 4.74 Å². The second-order valence-electron chi connectivity index (χ2n) is 7.84. The highest BCUT2D eigenvalue weighted by Gasteiger charge is 2.30. The molecule has 0 saturated carbocycles. The Labute approximate surface area is 156 Å². The van der Waals surface area contributed by atoms with E-state index in [0.717, 1.165) is 68.7 Å². The van der Waals surface area contributed by atoms with E-state index in [1.165, 1.54) is 0 Å². The molecule has 2 saturated heterocycles. The van der Waals surface area contributed by atoms with Crippen LogP contribution >= 0.6 is 0 Å². The Hall–Kier alpha value is -1.59. The van der Waals surface area contributed by atoms with Crippen LogP contribution in [0.4, 0.5) is 0 Å². The number of amides is 1. The van der Waals surface area contributed by atoms with Crippen molar-refractivity contribution in [3.63, 3.8) is 0 Å². The lowest BCUT2D eigenvalue weighted by Crippen LogP contribution is -2.44. The normalized spacial score (nSPS) is 20.3. The van der Waals surface area contributed by atoms with Gasteiger partial charge in [-0.05, 0) is 69.8 Å². The van der Waals surface area contributed by atoms with Crippen LogP contribution in [0.2, 0.25) is 0 Å². The lowest BCUT2D eigenvalue weighted by molar-refractivity contribution is -0.136. The quantitative estimate of drug-likeness (QED) is 0.846. The molecule has 1 amide bonds. The van der Waals surface area contributed by atoms with Gasteiger partial charge in [0.1, 0.15) is 18.5 Å². The minimum Gasteiger partial charge on any atom is -0.491 e. The molecule has 5 heteroatoms. The van der Waals surface area contributed by atoms with Crippen molar-refractivity contribution in [3.05, 3.63) is 29.3 Å². The van der Waals surface area contributed by atoms with Gasteiger partial charge in [-0.2, -0.15) is 0 Å². The van der Waals surface area contributed by atoms with Crippen molar-refractivity contribution in [2.24, 2.45) is 5.92 Å². The second-order valence-corrected chi connectivity index (χ2v) is 7.84. The first-order chi connectivity index (χ1) is 12.5. The molecule has 1 atom stereocenters. The summed E-state index contributed by atoms with van der Waals surface area (Å²) in [6.45, 7) is 8.60. The predicted molar refractivity (Wildman–Crippen MR) is 102 cm³/mol. The maximum atomic E-state index is 12.5. The Balaban J connectivity index is 1.39. The Morgan fingerprint density at radius 1 is 1.19 bits per heavy atom. The van der Waals surface area contributed by atoms with Gasteiger partial charge in [0.15, 0.2) is 0 Å². The maximum absolute atomic E-state index is 12.5. The fraction of sp³-hybridized carbons (Fsp3) is 0.667. The summed E-state index contributed by atoms with van der Waals surface area (Å²) >= 11 is 0. The molecule has 2 aliphatic heterocycles. The SMILES string of the molecule is Cc1ccc(C)c(OCC(O)CN2CCC(C(=O)N3CCCC3)CC2)c1. The number of aliphatic hydroxyl groups excluding tert-OH is 1. The average molecular weight is 360 g/mol. The molecule has 2 fully saturated rings. The summed E-state index contributed by atoms with van der Waals surface area (Å²) in [4.78, 5) is 16.8. The number of β-amino-alcohol motifs (C(OH)–C–C–N with tert-alkyl or cyclic N) is 1. The van der Waals surface area contributed by atoms with E-state index in [1.807, 2.05) is 30.9 Å². The van der Waals surface area contributed by atoms with Gasteiger partial charge in [0, 0.05) is 25.6 Å². The summed E-state index contributed by atoms with van der Waals surface area (Å²) < 4.78 is 5.81. The third-order valence-corrected chi connectivity index (χ3v) is 5.60. The number of carbonyl (C=O) groups is 1. The molecule has 5 nitrogen and oxygen atoms in total. The van der Waals surface area contributed by atoms with Crippen molar-refractivity contribution in [2.45, 2.75) is 45.6 Å². The Morgan fingerprint density at radius 3 is 2.58 bits per heavy atom. The van der Waals surface area contributed by atoms with Gasteiger partial charge in [-0.25, -0.2) is 0 Å². The summed E-state index contributed by atoms with van der Waals surface area (Å²) in [7, 11) is 0. The molecule has 1 aromatic carbocycles. The van der Waals surface area contributed by atoms with Crippen molar-refractivity contribution in [2.75, 3.05) is 39.3 Å². The van der Waals surface area contributed by atoms with Crippen molar-refractivity contribution < 1.29 is 14.6 Å². The third kappa shape index (κ3) is 4.98. The van der Waals surface area contributed by atoms with Crippen LogP contribution in [0.3, 0.4) is 0 Å². The zero-order chi connectivity index (χ0) is 18.5. The zero-order valence-corrected chi connectivity index (χ0v) is 16.1. The van der Waals surface area contributed by atoms with E-state index < -0.39 is 6.10 Å². The number of hydrogen-bond acceptors (Lipinski definition) is 4. The first kappa shape index (κ1) is 19.2. The Morgan fingerprint density at radius 2 is 1.88 bits per heavy atom. The zero-order valence-electron chi connectivity index (χ0n) is 16.1. The van der Waals surface area contributed by atoms with Crippen LogP contribution in [0.5, 0.6) is 5.75 Å². The van der Waals surface area contributed by atoms with E-state index in [0.29, 0.717) is 19.1 Å². The summed E-state index contributed by atoms with van der Waals surface area (Å²) in [5, 5.41) is 10.3. The van der Waals surface area contributed by atoms with Gasteiger partial charge in [0.25, 0.3) is 0 Å². The van der Waals surface area contributed by atoms with Gasteiger partial charge in [0.05, 0.1) is 0 Å². The molecule has 0 aromatic heterocycles. The van der Waals surface area contributed by atoms with Crippen molar-refractivity contribution in [3.8, 4) is 5.75 Å². The fourth-order valence-electron chi connectivity index (χ4n) is 3.96. The molecule has 0 aliphatic carbocycles. The summed E-state index contributed by atoms with van der Waals surface area (Å²) in [6.07, 6.45) is 3.59. The number of ether oxygens (including phenoxy) is 1. The minimum absolute atomic E-state index is 0.174. The summed E-state index contributed by atoms with van der Waals surface area (Å²) in [6, 6.07) is 6.11. The number of likely N-dealkylation sites (tertiary alicyclic amines) is 2. The van der Waals surface area contributed by atoms with Crippen molar-refractivity contribution in [1.82, 2.24) is 9.80 Å². The van der Waals surface area contributed by atoms with Crippen molar-refractivity contribution in [1.29, 1.82) is 0 Å². The highest BCUT2D eigenvalue weighted by Crippen LogP contribution is 2.23. The number of nitrogens with zero attached hydrogens (tertiary/aromatic N) is 2. The fourth-order valence-corrected chi connectivity index (χ4v) is 3.96. The number of benzene rings is 1. The van der Waals surface area contributed by atoms with E-state index in [1.54, 1.807) is 0 Å². The predicted octanol–water partition coefficient (Wildman–Crippen LogP) is 2.38. The summed E-state index contributed by atoms with van der Waals surface area (Å²) in [5.74, 6) is 1.37. The molecule has 26 heavy (non-hydrogen) atoms. The maximum Gasteiger partial charge on any atom is 0.225 e.